The molecule has 1 saturated heterocycles. The first-order valence-corrected chi connectivity index (χ1v) is 8.88. The molecule has 0 radical (unpaired) electrons. The molecule has 2 aromatic rings. The van der Waals surface area contributed by atoms with Crippen LogP contribution in [0.5, 0.6) is 0 Å². The van der Waals surface area contributed by atoms with Crippen molar-refractivity contribution in [3.05, 3.63) is 70.2 Å². The number of rotatable bonds is 2. The number of ether oxygens (including phenoxy) is 1. The molecule has 1 fully saturated rings. The molecule has 2 aliphatic heterocycles. The summed E-state index contributed by atoms with van der Waals surface area (Å²) in [5.74, 6) is 0.0897. The van der Waals surface area contributed by atoms with E-state index in [9.17, 15) is 4.79 Å². The summed E-state index contributed by atoms with van der Waals surface area (Å²) in [5, 5.41) is 0.698. The van der Waals surface area contributed by atoms with Crippen LogP contribution in [0.1, 0.15) is 35.6 Å². The van der Waals surface area contributed by atoms with E-state index in [2.05, 4.69) is 18.2 Å². The van der Waals surface area contributed by atoms with Gasteiger partial charge in [-0.3, -0.25) is 4.79 Å². The van der Waals surface area contributed by atoms with Gasteiger partial charge in [-0.1, -0.05) is 54.1 Å². The highest BCUT2D eigenvalue weighted by Crippen LogP contribution is 2.39. The van der Waals surface area contributed by atoms with Gasteiger partial charge in [-0.15, -0.1) is 0 Å². The van der Waals surface area contributed by atoms with E-state index in [0.717, 1.165) is 24.8 Å². The van der Waals surface area contributed by atoms with Crippen LogP contribution >= 0.6 is 11.6 Å². The maximum Gasteiger partial charge on any atom is 0.252 e. The first-order valence-electron chi connectivity index (χ1n) is 8.50. The molecular weight excluding hydrogens is 322 g/mol. The summed E-state index contributed by atoms with van der Waals surface area (Å²) in [6.07, 6.45) is 2.33. The molecule has 2 aliphatic rings. The number of benzene rings is 2. The van der Waals surface area contributed by atoms with Gasteiger partial charge in [-0.05, 0) is 42.0 Å². The monoisotopic (exact) mass is 341 g/mol. The third-order valence-corrected chi connectivity index (χ3v) is 5.32. The number of halogens is 1. The van der Waals surface area contributed by atoms with Gasteiger partial charge < -0.3 is 9.64 Å². The lowest BCUT2D eigenvalue weighted by molar-refractivity contribution is -0.143. The third kappa shape index (κ3) is 2.72. The van der Waals surface area contributed by atoms with E-state index in [1.807, 2.05) is 35.2 Å². The Balaban J connectivity index is 1.78. The standard InChI is InChI=1S/C20H20ClNO2/c21-17-9-4-3-8-16(17)19-15-7-2-1-6-14(15)11-12-22(19)20(23)18-10-5-13-24-18/h1-4,6-9,18-19H,5,10-13H2. The minimum atomic E-state index is -0.305. The summed E-state index contributed by atoms with van der Waals surface area (Å²) < 4.78 is 5.65. The minimum Gasteiger partial charge on any atom is -0.368 e. The van der Waals surface area contributed by atoms with Crippen LogP contribution in [0, 0.1) is 0 Å². The summed E-state index contributed by atoms with van der Waals surface area (Å²) in [6, 6.07) is 16.0. The lowest BCUT2D eigenvalue weighted by Gasteiger charge is -2.39. The summed E-state index contributed by atoms with van der Waals surface area (Å²) in [6.45, 7) is 1.38. The lowest BCUT2D eigenvalue weighted by Crippen LogP contribution is -2.45. The van der Waals surface area contributed by atoms with Crippen molar-refractivity contribution in [2.24, 2.45) is 0 Å². The van der Waals surface area contributed by atoms with Crippen molar-refractivity contribution in [1.29, 1.82) is 0 Å². The Kier molecular flexibility index (Phi) is 4.30. The number of carbonyl (C=O) groups excluding carboxylic acids is 1. The first kappa shape index (κ1) is 15.7. The number of carbonyl (C=O) groups is 1. The number of hydrogen-bond donors (Lipinski definition) is 0. The fourth-order valence-electron chi connectivity index (χ4n) is 3.79. The quantitative estimate of drug-likeness (QED) is 0.826. The SMILES string of the molecule is O=C(C1CCCO1)N1CCc2ccccc2C1c1ccccc1Cl. The van der Waals surface area contributed by atoms with Gasteiger partial charge in [0, 0.05) is 18.2 Å². The zero-order valence-corrected chi connectivity index (χ0v) is 14.2. The summed E-state index contributed by atoms with van der Waals surface area (Å²) in [7, 11) is 0. The van der Waals surface area contributed by atoms with Crippen molar-refractivity contribution in [3.63, 3.8) is 0 Å². The average molecular weight is 342 g/mol. The molecule has 0 aromatic heterocycles. The van der Waals surface area contributed by atoms with Gasteiger partial charge in [0.05, 0.1) is 6.04 Å². The van der Waals surface area contributed by atoms with Crippen molar-refractivity contribution >= 4 is 17.5 Å². The molecule has 0 aliphatic carbocycles. The molecule has 2 unspecified atom stereocenters. The zero-order chi connectivity index (χ0) is 16.5. The van der Waals surface area contributed by atoms with Gasteiger partial charge in [-0.25, -0.2) is 0 Å². The Hall–Kier alpha value is -1.84. The van der Waals surface area contributed by atoms with Crippen LogP contribution in [-0.4, -0.2) is 30.1 Å². The van der Waals surface area contributed by atoms with Crippen molar-refractivity contribution in [2.45, 2.75) is 31.4 Å². The average Bonchev–Trinajstić information content (AvgIpc) is 3.15. The van der Waals surface area contributed by atoms with Gasteiger partial charge >= 0.3 is 0 Å². The molecule has 1 amide bonds. The second-order valence-corrected chi connectivity index (χ2v) is 6.81. The Morgan fingerprint density at radius 2 is 1.83 bits per heavy atom. The molecular formula is C20H20ClNO2. The van der Waals surface area contributed by atoms with E-state index in [0.29, 0.717) is 18.2 Å². The lowest BCUT2D eigenvalue weighted by atomic mass is 9.87. The Morgan fingerprint density at radius 3 is 2.58 bits per heavy atom. The molecule has 4 heteroatoms. The van der Waals surface area contributed by atoms with Crippen LogP contribution in [-0.2, 0) is 16.0 Å². The molecule has 3 nitrogen and oxygen atoms in total. The molecule has 2 aromatic carbocycles. The van der Waals surface area contributed by atoms with E-state index in [1.54, 1.807) is 0 Å². The molecule has 24 heavy (non-hydrogen) atoms. The predicted octanol–water partition coefficient (Wildman–Crippen LogP) is 3.99. The highest BCUT2D eigenvalue weighted by atomic mass is 35.5. The maximum absolute atomic E-state index is 13.1. The minimum absolute atomic E-state index is 0.0897. The zero-order valence-electron chi connectivity index (χ0n) is 13.5. The van der Waals surface area contributed by atoms with Crippen molar-refractivity contribution in [3.8, 4) is 0 Å². The van der Waals surface area contributed by atoms with E-state index < -0.39 is 0 Å². The van der Waals surface area contributed by atoms with Crippen LogP contribution in [0.4, 0.5) is 0 Å². The first-order chi connectivity index (χ1) is 11.8. The van der Waals surface area contributed by atoms with Gasteiger partial charge in [0.2, 0.25) is 0 Å². The molecule has 124 valence electrons. The predicted molar refractivity (Wildman–Crippen MR) is 94.1 cm³/mol. The van der Waals surface area contributed by atoms with Crippen LogP contribution in [0.3, 0.4) is 0 Å². The highest BCUT2D eigenvalue weighted by Gasteiger charge is 2.37. The normalized spacial score (nSPS) is 23.1. The van der Waals surface area contributed by atoms with Crippen molar-refractivity contribution in [1.82, 2.24) is 4.90 Å². The molecule has 0 spiro atoms. The highest BCUT2D eigenvalue weighted by molar-refractivity contribution is 6.31. The topological polar surface area (TPSA) is 29.5 Å². The number of amides is 1. The molecule has 0 saturated carbocycles. The van der Waals surface area contributed by atoms with Crippen LogP contribution < -0.4 is 0 Å². The maximum atomic E-state index is 13.1. The van der Waals surface area contributed by atoms with Gasteiger partial charge in [0.25, 0.3) is 5.91 Å². The summed E-state index contributed by atoms with van der Waals surface area (Å²) in [5.41, 5.74) is 3.44. The van der Waals surface area contributed by atoms with Crippen LogP contribution in [0.2, 0.25) is 5.02 Å². The van der Waals surface area contributed by atoms with E-state index >= 15 is 0 Å². The Labute approximate surface area is 147 Å². The molecule has 4 rings (SSSR count). The van der Waals surface area contributed by atoms with Gasteiger partial charge in [0.1, 0.15) is 6.10 Å². The summed E-state index contributed by atoms with van der Waals surface area (Å²) in [4.78, 5) is 15.0. The Morgan fingerprint density at radius 1 is 1.08 bits per heavy atom. The summed E-state index contributed by atoms with van der Waals surface area (Å²) >= 11 is 6.48. The number of nitrogens with zero attached hydrogens (tertiary/aromatic N) is 1. The smallest absolute Gasteiger partial charge is 0.252 e. The molecule has 0 N–H and O–H groups in total. The van der Waals surface area contributed by atoms with E-state index in [4.69, 9.17) is 16.3 Å². The third-order valence-electron chi connectivity index (χ3n) is 4.97. The molecule has 0 bridgehead atoms. The van der Waals surface area contributed by atoms with E-state index in [1.165, 1.54) is 11.1 Å². The van der Waals surface area contributed by atoms with Crippen molar-refractivity contribution in [2.75, 3.05) is 13.2 Å². The second kappa shape index (κ2) is 6.58. The number of hydrogen-bond acceptors (Lipinski definition) is 2. The molecule has 2 atom stereocenters. The Bertz CT molecular complexity index is 755. The van der Waals surface area contributed by atoms with E-state index in [-0.39, 0.29) is 18.1 Å². The van der Waals surface area contributed by atoms with Crippen molar-refractivity contribution < 1.29 is 9.53 Å². The number of fused-ring (bicyclic) bond motifs is 1. The van der Waals surface area contributed by atoms with Gasteiger partial charge in [0.15, 0.2) is 0 Å². The fourth-order valence-corrected chi connectivity index (χ4v) is 4.03. The van der Waals surface area contributed by atoms with Crippen LogP contribution in [0.25, 0.3) is 0 Å². The second-order valence-electron chi connectivity index (χ2n) is 6.41. The largest absolute Gasteiger partial charge is 0.368 e. The van der Waals surface area contributed by atoms with Gasteiger partial charge in [-0.2, -0.15) is 0 Å². The fraction of sp³-hybridized carbons (Fsp3) is 0.350. The van der Waals surface area contributed by atoms with Crippen LogP contribution in [0.15, 0.2) is 48.5 Å². The molecule has 2 heterocycles.